The van der Waals surface area contributed by atoms with E-state index in [9.17, 15) is 18.0 Å². The third kappa shape index (κ3) is 5.37. The molecular weight excluding hydrogens is 514 g/mol. The highest BCUT2D eigenvalue weighted by Gasteiger charge is 2.34. The van der Waals surface area contributed by atoms with E-state index >= 15 is 0 Å². The van der Waals surface area contributed by atoms with Gasteiger partial charge >= 0.3 is 6.18 Å². The van der Waals surface area contributed by atoms with Crippen LogP contribution in [0.4, 0.5) is 18.9 Å². The lowest BCUT2D eigenvalue weighted by molar-refractivity contribution is -0.140. The number of carbonyl (C=O) groups excluding carboxylic acids is 1. The van der Waals surface area contributed by atoms with E-state index in [1.807, 2.05) is 6.07 Å². The SMILES string of the molecule is O=C(Cc1n[nH]c2ccc(Cl)cc12)N[C@H]1CC[C@@H](Nc2cc(C(F)(F)F)nc3ccc(Cl)cc23)CC1. The molecule has 0 saturated heterocycles. The number of amides is 1. The molecule has 11 heteroatoms. The van der Waals surface area contributed by atoms with Crippen LogP contribution in [0.15, 0.2) is 42.5 Å². The number of fused-ring (bicyclic) bond motifs is 2. The molecule has 36 heavy (non-hydrogen) atoms. The number of H-pyrrole nitrogens is 1. The number of aromatic amines is 1. The summed E-state index contributed by atoms with van der Waals surface area (Å²) in [6.07, 6.45) is -1.65. The lowest BCUT2D eigenvalue weighted by Gasteiger charge is -2.30. The van der Waals surface area contributed by atoms with Gasteiger partial charge in [-0.2, -0.15) is 18.3 Å². The lowest BCUT2D eigenvalue weighted by Crippen LogP contribution is -2.40. The number of aromatic nitrogens is 3. The molecule has 1 fully saturated rings. The number of carbonyl (C=O) groups is 1. The molecule has 2 aromatic heterocycles. The Morgan fingerprint density at radius 1 is 0.972 bits per heavy atom. The fraction of sp³-hybridized carbons (Fsp3) is 0.320. The van der Waals surface area contributed by atoms with Gasteiger partial charge in [0.1, 0.15) is 5.69 Å². The number of halogens is 5. The molecule has 5 rings (SSSR count). The minimum Gasteiger partial charge on any atom is -0.382 e. The maximum atomic E-state index is 13.4. The van der Waals surface area contributed by atoms with Crippen LogP contribution in [0.2, 0.25) is 10.0 Å². The van der Waals surface area contributed by atoms with Gasteiger partial charge < -0.3 is 10.6 Å². The summed E-state index contributed by atoms with van der Waals surface area (Å²) in [5, 5.41) is 15.8. The first kappa shape index (κ1) is 24.6. The molecule has 0 spiro atoms. The molecular formula is C25H22Cl2F3N5O. The van der Waals surface area contributed by atoms with E-state index in [0.29, 0.717) is 52.5 Å². The van der Waals surface area contributed by atoms with E-state index in [2.05, 4.69) is 25.8 Å². The van der Waals surface area contributed by atoms with Crippen molar-refractivity contribution in [1.29, 1.82) is 0 Å². The summed E-state index contributed by atoms with van der Waals surface area (Å²) >= 11 is 12.2. The molecule has 6 nitrogen and oxygen atoms in total. The average molecular weight is 536 g/mol. The van der Waals surface area contributed by atoms with Gasteiger partial charge in [-0.15, -0.1) is 0 Å². The molecule has 1 aliphatic rings. The lowest BCUT2D eigenvalue weighted by atomic mass is 9.90. The van der Waals surface area contributed by atoms with Crippen LogP contribution in [-0.4, -0.2) is 33.2 Å². The number of anilines is 1. The highest BCUT2D eigenvalue weighted by molar-refractivity contribution is 6.31. The third-order valence-corrected chi connectivity index (χ3v) is 6.92. The fourth-order valence-electron chi connectivity index (χ4n) is 4.67. The first-order valence-electron chi connectivity index (χ1n) is 11.5. The Labute approximate surface area is 214 Å². The first-order chi connectivity index (χ1) is 17.2. The average Bonchev–Trinajstić information content (AvgIpc) is 3.21. The number of pyridine rings is 1. The van der Waals surface area contributed by atoms with Crippen molar-refractivity contribution in [2.75, 3.05) is 5.32 Å². The molecule has 0 atom stereocenters. The predicted molar refractivity (Wildman–Crippen MR) is 134 cm³/mol. The first-order valence-corrected chi connectivity index (χ1v) is 12.3. The quantitative estimate of drug-likeness (QED) is 0.271. The summed E-state index contributed by atoms with van der Waals surface area (Å²) in [7, 11) is 0. The Bertz CT molecular complexity index is 1430. The van der Waals surface area contributed by atoms with Gasteiger partial charge in [-0.1, -0.05) is 23.2 Å². The molecule has 1 aliphatic carbocycles. The number of nitrogens with one attached hydrogen (secondary N) is 3. The number of benzene rings is 2. The van der Waals surface area contributed by atoms with Crippen molar-refractivity contribution in [2.45, 2.75) is 50.4 Å². The summed E-state index contributed by atoms with van der Waals surface area (Å²) in [6.45, 7) is 0. The second kappa shape index (κ2) is 9.78. The molecule has 2 aromatic carbocycles. The molecule has 0 unspecified atom stereocenters. The number of hydrogen-bond donors (Lipinski definition) is 3. The zero-order valence-corrected chi connectivity index (χ0v) is 20.4. The van der Waals surface area contributed by atoms with E-state index in [-0.39, 0.29) is 29.9 Å². The van der Waals surface area contributed by atoms with Gasteiger partial charge in [-0.05, 0) is 68.1 Å². The van der Waals surface area contributed by atoms with Crippen LogP contribution in [0.1, 0.15) is 37.1 Å². The Balaban J connectivity index is 1.22. The second-order valence-corrected chi connectivity index (χ2v) is 9.88. The van der Waals surface area contributed by atoms with E-state index in [1.54, 1.807) is 18.2 Å². The number of rotatable bonds is 5. The fourth-order valence-corrected chi connectivity index (χ4v) is 5.02. The van der Waals surface area contributed by atoms with Crippen LogP contribution >= 0.6 is 23.2 Å². The van der Waals surface area contributed by atoms with Crippen molar-refractivity contribution in [1.82, 2.24) is 20.5 Å². The predicted octanol–water partition coefficient (Wildman–Crippen LogP) is 6.52. The van der Waals surface area contributed by atoms with Crippen molar-refractivity contribution < 1.29 is 18.0 Å². The second-order valence-electron chi connectivity index (χ2n) is 9.01. The van der Waals surface area contributed by atoms with Crippen molar-refractivity contribution in [2.24, 2.45) is 0 Å². The zero-order chi connectivity index (χ0) is 25.4. The van der Waals surface area contributed by atoms with Crippen molar-refractivity contribution in [3.8, 4) is 0 Å². The summed E-state index contributed by atoms with van der Waals surface area (Å²) in [6, 6.07) is 11.0. The third-order valence-electron chi connectivity index (χ3n) is 6.44. The molecule has 4 aromatic rings. The molecule has 0 aliphatic heterocycles. The minimum atomic E-state index is -4.56. The number of nitrogens with zero attached hydrogens (tertiary/aromatic N) is 2. The van der Waals surface area contributed by atoms with Gasteiger partial charge in [-0.25, -0.2) is 4.98 Å². The van der Waals surface area contributed by atoms with E-state index in [4.69, 9.17) is 23.2 Å². The maximum Gasteiger partial charge on any atom is 0.433 e. The van der Waals surface area contributed by atoms with Gasteiger partial charge in [0.05, 0.1) is 23.1 Å². The Morgan fingerprint density at radius 2 is 1.64 bits per heavy atom. The normalized spacial score (nSPS) is 18.5. The van der Waals surface area contributed by atoms with Crippen LogP contribution in [-0.2, 0) is 17.4 Å². The van der Waals surface area contributed by atoms with Gasteiger partial charge in [-0.3, -0.25) is 9.89 Å². The molecule has 1 saturated carbocycles. The van der Waals surface area contributed by atoms with E-state index in [0.717, 1.165) is 17.0 Å². The summed E-state index contributed by atoms with van der Waals surface area (Å²) in [4.78, 5) is 16.4. The van der Waals surface area contributed by atoms with Gasteiger partial charge in [0.15, 0.2) is 0 Å². The van der Waals surface area contributed by atoms with Crippen molar-refractivity contribution in [3.63, 3.8) is 0 Å². The largest absolute Gasteiger partial charge is 0.433 e. The monoisotopic (exact) mass is 535 g/mol. The molecule has 1 amide bonds. The van der Waals surface area contributed by atoms with Gasteiger partial charge in [0, 0.05) is 38.6 Å². The highest BCUT2D eigenvalue weighted by Crippen LogP contribution is 2.35. The summed E-state index contributed by atoms with van der Waals surface area (Å²) in [5.74, 6) is -0.135. The Kier molecular flexibility index (Phi) is 6.70. The summed E-state index contributed by atoms with van der Waals surface area (Å²) in [5.41, 5.74) is 1.07. The molecule has 188 valence electrons. The van der Waals surface area contributed by atoms with Gasteiger partial charge in [0.2, 0.25) is 5.91 Å². The van der Waals surface area contributed by atoms with Crippen molar-refractivity contribution >= 4 is 56.6 Å². The van der Waals surface area contributed by atoms with Crippen LogP contribution in [0, 0.1) is 0 Å². The number of alkyl halides is 3. The minimum absolute atomic E-state index is 0.0151. The maximum absolute atomic E-state index is 13.4. The zero-order valence-electron chi connectivity index (χ0n) is 18.9. The van der Waals surface area contributed by atoms with E-state index < -0.39 is 11.9 Å². The van der Waals surface area contributed by atoms with E-state index in [1.165, 1.54) is 12.1 Å². The van der Waals surface area contributed by atoms with Crippen molar-refractivity contribution in [3.05, 3.63) is 63.9 Å². The smallest absolute Gasteiger partial charge is 0.382 e. The Morgan fingerprint density at radius 3 is 2.36 bits per heavy atom. The Hall–Kier alpha value is -3.04. The highest BCUT2D eigenvalue weighted by atomic mass is 35.5. The standard InChI is InChI=1S/C25H22Cl2F3N5O/c26-13-1-7-19-17(9-13)21(11-23(33-19)25(28,29)30)31-15-3-5-16(6-4-15)32-24(36)12-22-18-10-14(27)2-8-20(18)34-35-22/h1-2,7-11,15-16H,3-6,12H2,(H,31,33)(H,32,36)(H,34,35)/t15-,16+. The summed E-state index contributed by atoms with van der Waals surface area (Å²) < 4.78 is 40.2. The molecule has 0 bridgehead atoms. The van der Waals surface area contributed by atoms with Crippen LogP contribution in [0.25, 0.3) is 21.8 Å². The van der Waals surface area contributed by atoms with Crippen LogP contribution in [0.5, 0.6) is 0 Å². The molecule has 2 heterocycles. The topological polar surface area (TPSA) is 82.7 Å². The van der Waals surface area contributed by atoms with Crippen LogP contribution < -0.4 is 10.6 Å². The van der Waals surface area contributed by atoms with Crippen LogP contribution in [0.3, 0.4) is 0 Å². The molecule has 3 N–H and O–H groups in total. The molecule has 0 radical (unpaired) electrons. The van der Waals surface area contributed by atoms with Gasteiger partial charge in [0.25, 0.3) is 0 Å². The number of hydrogen-bond acceptors (Lipinski definition) is 4.